The highest BCUT2D eigenvalue weighted by Crippen LogP contribution is 2.36. The fraction of sp³-hybridized carbons (Fsp3) is 0.917. The molecule has 0 aliphatic carbocycles. The van der Waals surface area contributed by atoms with Crippen LogP contribution in [0.5, 0.6) is 0 Å². The molecule has 0 radical (unpaired) electrons. The minimum absolute atomic E-state index is 0.515. The van der Waals surface area contributed by atoms with Gasteiger partial charge in [0, 0.05) is 0 Å². The van der Waals surface area contributed by atoms with Crippen molar-refractivity contribution >= 4 is 17.7 Å². The summed E-state index contributed by atoms with van der Waals surface area (Å²) in [6.07, 6.45) is 5.75. The minimum atomic E-state index is -0.618. The summed E-state index contributed by atoms with van der Waals surface area (Å²) in [6.45, 7) is 6.27. The number of carboxylic acids is 1. The Morgan fingerprint density at radius 3 is 2.00 bits per heavy atom. The number of carboxylic acid groups (broad SMARTS) is 1. The van der Waals surface area contributed by atoms with Crippen LogP contribution < -0.4 is 0 Å². The molecule has 0 amide bonds. The molecule has 0 unspecified atom stereocenters. The first-order valence-electron chi connectivity index (χ1n) is 6.00. The van der Waals surface area contributed by atoms with Crippen molar-refractivity contribution in [1.29, 1.82) is 0 Å². The quantitative estimate of drug-likeness (QED) is 0.612. The van der Waals surface area contributed by atoms with E-state index in [1.165, 1.54) is 0 Å². The molecule has 0 heterocycles. The maximum absolute atomic E-state index is 11.4. The highest BCUT2D eigenvalue weighted by molar-refractivity contribution is 8.01. The van der Waals surface area contributed by atoms with Gasteiger partial charge in [-0.15, -0.1) is 11.8 Å². The van der Waals surface area contributed by atoms with Gasteiger partial charge in [-0.2, -0.15) is 0 Å². The Morgan fingerprint density at radius 2 is 1.67 bits per heavy atom. The average Bonchev–Trinajstić information content (AvgIpc) is 2.18. The van der Waals surface area contributed by atoms with Gasteiger partial charge in [-0.05, 0) is 25.0 Å². The third-order valence-corrected chi connectivity index (χ3v) is 4.20. The molecule has 0 saturated heterocycles. The Bertz CT molecular complexity index is 174. The van der Waals surface area contributed by atoms with E-state index in [0.717, 1.165) is 44.3 Å². The molecule has 3 heteroatoms. The molecule has 2 nitrogen and oxygen atoms in total. The van der Waals surface area contributed by atoms with E-state index in [0.29, 0.717) is 0 Å². The van der Waals surface area contributed by atoms with Gasteiger partial charge in [-0.1, -0.05) is 40.0 Å². The van der Waals surface area contributed by atoms with Gasteiger partial charge in [-0.25, -0.2) is 0 Å². The summed E-state index contributed by atoms with van der Waals surface area (Å²) in [4.78, 5) is 11.4. The Labute approximate surface area is 97.8 Å². The smallest absolute Gasteiger partial charge is 0.319 e. The molecule has 0 bridgehead atoms. The molecule has 90 valence electrons. The van der Waals surface area contributed by atoms with Crippen LogP contribution in [0.25, 0.3) is 0 Å². The standard InChI is InChI=1S/C12H24O2S/c1-4-7-10-15-12(8-5-2,9-6-3)11(13)14/h4-10H2,1-3H3,(H,13,14). The first-order chi connectivity index (χ1) is 7.13. The van der Waals surface area contributed by atoms with Crippen LogP contribution in [-0.4, -0.2) is 21.6 Å². The predicted molar refractivity (Wildman–Crippen MR) is 67.5 cm³/mol. The van der Waals surface area contributed by atoms with E-state index in [1.807, 2.05) is 0 Å². The van der Waals surface area contributed by atoms with Crippen LogP contribution in [0.3, 0.4) is 0 Å². The van der Waals surface area contributed by atoms with Crippen LogP contribution in [0.2, 0.25) is 0 Å². The van der Waals surface area contributed by atoms with E-state index < -0.39 is 10.7 Å². The van der Waals surface area contributed by atoms with E-state index in [2.05, 4.69) is 20.8 Å². The van der Waals surface area contributed by atoms with Crippen molar-refractivity contribution in [1.82, 2.24) is 0 Å². The van der Waals surface area contributed by atoms with Crippen molar-refractivity contribution in [3.05, 3.63) is 0 Å². The van der Waals surface area contributed by atoms with E-state index >= 15 is 0 Å². The maximum atomic E-state index is 11.4. The molecule has 0 fully saturated rings. The lowest BCUT2D eigenvalue weighted by Crippen LogP contribution is -2.35. The lowest BCUT2D eigenvalue weighted by atomic mass is 9.97. The third kappa shape index (κ3) is 4.92. The molecule has 15 heavy (non-hydrogen) atoms. The van der Waals surface area contributed by atoms with Gasteiger partial charge in [0.1, 0.15) is 4.75 Å². The van der Waals surface area contributed by atoms with Crippen LogP contribution in [-0.2, 0) is 4.79 Å². The highest BCUT2D eigenvalue weighted by atomic mass is 32.2. The number of hydrogen-bond donors (Lipinski definition) is 1. The Kier molecular flexibility index (Phi) is 7.93. The second-order valence-corrected chi connectivity index (χ2v) is 5.48. The summed E-state index contributed by atoms with van der Waals surface area (Å²) in [7, 11) is 0. The van der Waals surface area contributed by atoms with Crippen molar-refractivity contribution in [3.8, 4) is 0 Å². The minimum Gasteiger partial charge on any atom is -0.480 e. The number of carbonyl (C=O) groups is 1. The van der Waals surface area contributed by atoms with Crippen LogP contribution in [0, 0.1) is 0 Å². The number of thioether (sulfide) groups is 1. The highest BCUT2D eigenvalue weighted by Gasteiger charge is 2.36. The van der Waals surface area contributed by atoms with Gasteiger partial charge in [0.05, 0.1) is 0 Å². The number of hydrogen-bond acceptors (Lipinski definition) is 2. The summed E-state index contributed by atoms with van der Waals surface area (Å²) in [5.41, 5.74) is 0. The second kappa shape index (κ2) is 8.03. The summed E-state index contributed by atoms with van der Waals surface area (Å²) in [5, 5.41) is 9.36. The molecule has 0 aromatic carbocycles. The van der Waals surface area contributed by atoms with Gasteiger partial charge in [0.15, 0.2) is 0 Å². The van der Waals surface area contributed by atoms with E-state index in [4.69, 9.17) is 0 Å². The van der Waals surface area contributed by atoms with Crippen molar-refractivity contribution in [2.45, 2.75) is 64.0 Å². The van der Waals surface area contributed by atoms with E-state index in [9.17, 15) is 9.90 Å². The maximum Gasteiger partial charge on any atom is 0.319 e. The zero-order valence-electron chi connectivity index (χ0n) is 10.2. The topological polar surface area (TPSA) is 37.3 Å². The van der Waals surface area contributed by atoms with E-state index in [-0.39, 0.29) is 0 Å². The molecule has 0 aliphatic heterocycles. The molecule has 0 rings (SSSR count). The van der Waals surface area contributed by atoms with Crippen molar-refractivity contribution in [2.24, 2.45) is 0 Å². The average molecular weight is 232 g/mol. The van der Waals surface area contributed by atoms with Crippen LogP contribution >= 0.6 is 11.8 Å². The lowest BCUT2D eigenvalue weighted by molar-refractivity contribution is -0.140. The Balaban J connectivity index is 4.40. The largest absolute Gasteiger partial charge is 0.480 e. The fourth-order valence-electron chi connectivity index (χ4n) is 1.76. The first kappa shape index (κ1) is 14.8. The molecule has 0 aliphatic rings. The second-order valence-electron chi connectivity index (χ2n) is 4.00. The molecule has 0 atom stereocenters. The Morgan fingerprint density at radius 1 is 1.13 bits per heavy atom. The summed E-state index contributed by atoms with van der Waals surface area (Å²) in [5.74, 6) is 0.357. The normalized spacial score (nSPS) is 11.7. The van der Waals surface area contributed by atoms with Gasteiger partial charge in [-0.3, -0.25) is 4.79 Å². The first-order valence-corrected chi connectivity index (χ1v) is 6.98. The van der Waals surface area contributed by atoms with Crippen molar-refractivity contribution in [3.63, 3.8) is 0 Å². The summed E-state index contributed by atoms with van der Waals surface area (Å²) in [6, 6.07) is 0. The zero-order chi connectivity index (χ0) is 11.7. The molecular weight excluding hydrogens is 208 g/mol. The van der Waals surface area contributed by atoms with Gasteiger partial charge < -0.3 is 5.11 Å². The molecule has 0 aromatic rings. The number of aliphatic carboxylic acids is 1. The Hall–Kier alpha value is -0.180. The number of rotatable bonds is 9. The third-order valence-electron chi connectivity index (χ3n) is 2.57. The van der Waals surface area contributed by atoms with Crippen LogP contribution in [0.15, 0.2) is 0 Å². The SMILES string of the molecule is CCCCSC(CCC)(CCC)C(=O)O. The van der Waals surface area contributed by atoms with E-state index in [1.54, 1.807) is 11.8 Å². The molecule has 1 N–H and O–H groups in total. The zero-order valence-corrected chi connectivity index (χ0v) is 11.0. The summed E-state index contributed by atoms with van der Waals surface area (Å²) < 4.78 is -0.515. The van der Waals surface area contributed by atoms with Gasteiger partial charge in [0.2, 0.25) is 0 Å². The van der Waals surface area contributed by atoms with Crippen LogP contribution in [0.4, 0.5) is 0 Å². The van der Waals surface area contributed by atoms with Crippen LogP contribution in [0.1, 0.15) is 59.3 Å². The van der Waals surface area contributed by atoms with Gasteiger partial charge in [0.25, 0.3) is 0 Å². The predicted octanol–water partition coefficient (Wildman–Crippen LogP) is 3.94. The lowest BCUT2D eigenvalue weighted by Gasteiger charge is -2.28. The number of unbranched alkanes of at least 4 members (excludes halogenated alkanes) is 1. The monoisotopic (exact) mass is 232 g/mol. The fourth-order valence-corrected chi connectivity index (χ4v) is 3.41. The molecule has 0 aromatic heterocycles. The van der Waals surface area contributed by atoms with Crippen molar-refractivity contribution in [2.75, 3.05) is 5.75 Å². The molecular formula is C12H24O2S. The molecule has 0 spiro atoms. The molecule has 0 saturated carbocycles. The summed E-state index contributed by atoms with van der Waals surface area (Å²) >= 11 is 1.65. The van der Waals surface area contributed by atoms with Gasteiger partial charge >= 0.3 is 5.97 Å². The van der Waals surface area contributed by atoms with Crippen molar-refractivity contribution < 1.29 is 9.90 Å².